The molecule has 1 nitrogen and oxygen atoms in total. The van der Waals surface area contributed by atoms with Gasteiger partial charge in [-0.15, -0.1) is 0 Å². The summed E-state index contributed by atoms with van der Waals surface area (Å²) < 4.78 is 0. The summed E-state index contributed by atoms with van der Waals surface area (Å²) in [6.07, 6.45) is 3.64. The van der Waals surface area contributed by atoms with Crippen molar-refractivity contribution in [2.24, 2.45) is 16.7 Å². The molecule has 0 saturated carbocycles. The molecule has 0 spiro atoms. The van der Waals surface area contributed by atoms with Crippen LogP contribution in [0.2, 0.25) is 0 Å². The number of rotatable bonds is 8. The first-order valence-corrected chi connectivity index (χ1v) is 8.42. The Kier molecular flexibility index (Phi) is 6.37. The van der Waals surface area contributed by atoms with Crippen molar-refractivity contribution >= 4 is 0 Å². The van der Waals surface area contributed by atoms with Gasteiger partial charge in [0.15, 0.2) is 0 Å². The highest BCUT2D eigenvalue weighted by Gasteiger charge is 2.36. The lowest BCUT2D eigenvalue weighted by Gasteiger charge is -2.45. The van der Waals surface area contributed by atoms with Crippen molar-refractivity contribution in [3.63, 3.8) is 0 Å². The highest BCUT2D eigenvalue weighted by molar-refractivity contribution is 4.94. The van der Waals surface area contributed by atoms with Gasteiger partial charge < -0.3 is 5.32 Å². The van der Waals surface area contributed by atoms with E-state index in [0.29, 0.717) is 16.7 Å². The topological polar surface area (TPSA) is 12.0 Å². The van der Waals surface area contributed by atoms with Gasteiger partial charge in [0.1, 0.15) is 0 Å². The first-order chi connectivity index (χ1) is 8.63. The van der Waals surface area contributed by atoms with Crippen LogP contribution in [0.1, 0.15) is 95.4 Å². The Morgan fingerprint density at radius 2 is 1.15 bits per heavy atom. The SMILES string of the molecule is CCC(C)(C)CC(C)(C)NC(C)(C)CC(C)(C)C(C)C. The second kappa shape index (κ2) is 6.38. The van der Waals surface area contributed by atoms with Gasteiger partial charge in [-0.1, -0.05) is 54.9 Å². The quantitative estimate of drug-likeness (QED) is 0.573. The molecule has 0 aromatic heterocycles. The van der Waals surface area contributed by atoms with Crippen molar-refractivity contribution in [3.8, 4) is 0 Å². The fraction of sp³-hybridized carbons (Fsp3) is 1.00. The standard InChI is InChI=1S/C19H41N/c1-12-16(4,5)13-18(8,9)20-19(10,11)14-17(6,7)15(2)3/h15,20H,12-14H2,1-11H3. The van der Waals surface area contributed by atoms with E-state index in [-0.39, 0.29) is 11.1 Å². The van der Waals surface area contributed by atoms with Crippen LogP contribution in [0, 0.1) is 16.7 Å². The van der Waals surface area contributed by atoms with Gasteiger partial charge in [-0.25, -0.2) is 0 Å². The van der Waals surface area contributed by atoms with E-state index in [9.17, 15) is 0 Å². The fourth-order valence-electron chi connectivity index (χ4n) is 3.67. The van der Waals surface area contributed by atoms with Crippen molar-refractivity contribution < 1.29 is 0 Å². The fourth-order valence-corrected chi connectivity index (χ4v) is 3.67. The molecule has 122 valence electrons. The number of hydrogen-bond acceptors (Lipinski definition) is 1. The second-order valence-corrected chi connectivity index (χ2v) is 9.91. The largest absolute Gasteiger partial charge is 0.307 e. The van der Waals surface area contributed by atoms with Gasteiger partial charge in [0, 0.05) is 11.1 Å². The summed E-state index contributed by atoms with van der Waals surface area (Å²) in [4.78, 5) is 0. The van der Waals surface area contributed by atoms with Crippen molar-refractivity contribution in [1.82, 2.24) is 5.32 Å². The van der Waals surface area contributed by atoms with Crippen molar-refractivity contribution in [2.75, 3.05) is 0 Å². The summed E-state index contributed by atoms with van der Waals surface area (Å²) in [5, 5.41) is 3.93. The van der Waals surface area contributed by atoms with Crippen LogP contribution in [-0.4, -0.2) is 11.1 Å². The molecule has 0 aliphatic carbocycles. The number of nitrogens with one attached hydrogen (secondary N) is 1. The van der Waals surface area contributed by atoms with Crippen LogP contribution in [-0.2, 0) is 0 Å². The maximum atomic E-state index is 3.93. The van der Waals surface area contributed by atoms with Gasteiger partial charge in [-0.2, -0.15) is 0 Å². The molecular formula is C19H41N. The molecule has 1 heteroatoms. The molecule has 0 saturated heterocycles. The lowest BCUT2D eigenvalue weighted by atomic mass is 9.71. The van der Waals surface area contributed by atoms with E-state index in [4.69, 9.17) is 0 Å². The molecule has 0 unspecified atom stereocenters. The zero-order valence-electron chi connectivity index (χ0n) is 16.2. The van der Waals surface area contributed by atoms with Crippen molar-refractivity contribution in [1.29, 1.82) is 0 Å². The molecule has 0 atom stereocenters. The molecule has 0 radical (unpaired) electrons. The Balaban J connectivity index is 4.82. The molecular weight excluding hydrogens is 242 g/mol. The maximum absolute atomic E-state index is 3.93. The van der Waals surface area contributed by atoms with Gasteiger partial charge >= 0.3 is 0 Å². The molecule has 0 aliphatic rings. The lowest BCUT2D eigenvalue weighted by molar-refractivity contribution is 0.116. The Morgan fingerprint density at radius 3 is 1.50 bits per heavy atom. The van der Waals surface area contributed by atoms with E-state index in [1.807, 2.05) is 0 Å². The Labute approximate surface area is 129 Å². The minimum absolute atomic E-state index is 0.168. The van der Waals surface area contributed by atoms with Gasteiger partial charge in [-0.05, 0) is 57.3 Å². The molecule has 0 amide bonds. The van der Waals surface area contributed by atoms with E-state index >= 15 is 0 Å². The van der Waals surface area contributed by atoms with Crippen LogP contribution in [0.4, 0.5) is 0 Å². The first-order valence-electron chi connectivity index (χ1n) is 8.42. The first kappa shape index (κ1) is 20.0. The molecule has 0 aromatic carbocycles. The minimum atomic E-state index is 0.168. The molecule has 0 bridgehead atoms. The second-order valence-electron chi connectivity index (χ2n) is 9.91. The predicted molar refractivity (Wildman–Crippen MR) is 93.2 cm³/mol. The van der Waals surface area contributed by atoms with Gasteiger partial charge in [0.25, 0.3) is 0 Å². The van der Waals surface area contributed by atoms with E-state index < -0.39 is 0 Å². The van der Waals surface area contributed by atoms with Crippen LogP contribution < -0.4 is 5.32 Å². The molecule has 0 rings (SSSR count). The van der Waals surface area contributed by atoms with Crippen LogP contribution in [0.5, 0.6) is 0 Å². The van der Waals surface area contributed by atoms with Gasteiger partial charge in [0.2, 0.25) is 0 Å². The van der Waals surface area contributed by atoms with E-state index in [0.717, 1.165) is 0 Å². The molecule has 0 fully saturated rings. The summed E-state index contributed by atoms with van der Waals surface area (Å²) in [6.45, 7) is 25.9. The third-order valence-corrected chi connectivity index (χ3v) is 5.01. The van der Waals surface area contributed by atoms with E-state index in [1.54, 1.807) is 0 Å². The molecule has 0 heterocycles. The lowest BCUT2D eigenvalue weighted by Crippen LogP contribution is -2.55. The smallest absolute Gasteiger partial charge is 0.0135 e. The summed E-state index contributed by atoms with van der Waals surface area (Å²) >= 11 is 0. The molecule has 1 N–H and O–H groups in total. The zero-order chi connectivity index (χ0) is 16.4. The van der Waals surface area contributed by atoms with E-state index in [1.165, 1.54) is 19.3 Å². The monoisotopic (exact) mass is 283 g/mol. The number of hydrogen-bond donors (Lipinski definition) is 1. The predicted octanol–water partition coefficient (Wildman–Crippen LogP) is 6.03. The third-order valence-electron chi connectivity index (χ3n) is 5.01. The van der Waals surface area contributed by atoms with Crippen LogP contribution >= 0.6 is 0 Å². The van der Waals surface area contributed by atoms with Crippen molar-refractivity contribution in [3.05, 3.63) is 0 Å². The van der Waals surface area contributed by atoms with Crippen LogP contribution in [0.25, 0.3) is 0 Å². The average Bonchev–Trinajstić information content (AvgIpc) is 2.11. The van der Waals surface area contributed by atoms with Crippen molar-refractivity contribution in [2.45, 2.75) is 107 Å². The van der Waals surface area contributed by atoms with Gasteiger partial charge in [-0.3, -0.25) is 0 Å². The maximum Gasteiger partial charge on any atom is 0.0135 e. The van der Waals surface area contributed by atoms with Crippen LogP contribution in [0.3, 0.4) is 0 Å². The summed E-state index contributed by atoms with van der Waals surface area (Å²) in [5.41, 5.74) is 1.12. The summed E-state index contributed by atoms with van der Waals surface area (Å²) in [7, 11) is 0. The highest BCUT2D eigenvalue weighted by atomic mass is 15.0. The Hall–Kier alpha value is -0.0400. The van der Waals surface area contributed by atoms with E-state index in [2.05, 4.69) is 81.5 Å². The minimum Gasteiger partial charge on any atom is -0.307 e. The highest BCUT2D eigenvalue weighted by Crippen LogP contribution is 2.37. The molecule has 0 aliphatic heterocycles. The van der Waals surface area contributed by atoms with Gasteiger partial charge in [0.05, 0.1) is 0 Å². The zero-order valence-corrected chi connectivity index (χ0v) is 16.2. The normalized spacial score (nSPS) is 15.0. The Morgan fingerprint density at radius 1 is 0.750 bits per heavy atom. The van der Waals surface area contributed by atoms with Crippen LogP contribution in [0.15, 0.2) is 0 Å². The molecule has 20 heavy (non-hydrogen) atoms. The third kappa shape index (κ3) is 7.11. The average molecular weight is 284 g/mol. The summed E-state index contributed by atoms with van der Waals surface area (Å²) in [5.74, 6) is 0.707. The summed E-state index contributed by atoms with van der Waals surface area (Å²) in [6, 6.07) is 0. The Bertz CT molecular complexity index is 295. The molecule has 0 aromatic rings.